The number of carbonyl (C=O) groups is 1. The van der Waals surface area contributed by atoms with Gasteiger partial charge in [0.15, 0.2) is 18.1 Å². The highest BCUT2D eigenvalue weighted by atomic mass is 79.9. The van der Waals surface area contributed by atoms with Gasteiger partial charge in [-0.25, -0.2) is 0 Å². The summed E-state index contributed by atoms with van der Waals surface area (Å²) < 4.78 is 17.9. The Morgan fingerprint density at radius 1 is 1.22 bits per heavy atom. The Hall–Kier alpha value is -2.16. The van der Waals surface area contributed by atoms with Crippen LogP contribution in [-0.4, -0.2) is 54.8 Å². The first kappa shape index (κ1) is 24.5. The van der Waals surface area contributed by atoms with E-state index < -0.39 is 0 Å². The molecule has 1 N–H and O–H groups in total. The molecule has 0 radical (unpaired) electrons. The molecule has 2 aromatic rings. The van der Waals surface area contributed by atoms with Crippen LogP contribution < -0.4 is 14.8 Å². The van der Waals surface area contributed by atoms with Gasteiger partial charge in [0.05, 0.1) is 23.8 Å². The van der Waals surface area contributed by atoms with Crippen molar-refractivity contribution >= 4 is 44.7 Å². The van der Waals surface area contributed by atoms with Gasteiger partial charge in [0, 0.05) is 24.3 Å². The number of morpholine rings is 1. The maximum atomic E-state index is 12.5. The number of anilines is 1. The molecule has 1 amide bonds. The molecule has 3 rings (SSSR count). The first-order chi connectivity index (χ1) is 15.2. The van der Waals surface area contributed by atoms with Gasteiger partial charge in [-0.2, -0.15) is 0 Å². The highest BCUT2D eigenvalue weighted by Gasteiger charge is 2.26. The van der Waals surface area contributed by atoms with Crippen molar-refractivity contribution in [3.05, 3.63) is 51.5 Å². The molecule has 2 atom stereocenters. The number of amides is 1. The number of nitrogens with one attached hydrogen (secondary N) is 1. The number of carbonyl (C=O) groups excluding carboxylic acids is 1. The number of hydrogen-bond donors (Lipinski definition) is 1. The molecule has 32 heavy (non-hydrogen) atoms. The number of ether oxygens (including phenoxy) is 3. The molecule has 172 valence electrons. The van der Waals surface area contributed by atoms with Gasteiger partial charge in [-0.05, 0) is 66.9 Å². The predicted octanol–water partition coefficient (Wildman–Crippen LogP) is 4.88. The largest absolute Gasteiger partial charge is 0.493 e. The van der Waals surface area contributed by atoms with Crippen molar-refractivity contribution < 1.29 is 19.0 Å². The topological polar surface area (TPSA) is 60.0 Å². The average Bonchev–Trinajstić information content (AvgIpc) is 2.73. The van der Waals surface area contributed by atoms with Crippen molar-refractivity contribution in [2.45, 2.75) is 39.9 Å². The van der Waals surface area contributed by atoms with Crippen molar-refractivity contribution in [2.75, 3.05) is 32.1 Å². The molecule has 1 heterocycles. The van der Waals surface area contributed by atoms with Gasteiger partial charge in [0.2, 0.25) is 0 Å². The Kier molecular flexibility index (Phi) is 8.14. The molecule has 2 aromatic carbocycles. The molecule has 0 aromatic heterocycles. The summed E-state index contributed by atoms with van der Waals surface area (Å²) in [5, 5.41) is 2.93. The Morgan fingerprint density at radius 2 is 1.84 bits per heavy atom. The van der Waals surface area contributed by atoms with Gasteiger partial charge in [-0.3, -0.25) is 4.79 Å². The van der Waals surface area contributed by atoms with E-state index in [1.54, 1.807) is 7.11 Å². The lowest BCUT2D eigenvalue weighted by atomic mass is 10.1. The van der Waals surface area contributed by atoms with Crippen molar-refractivity contribution in [1.29, 1.82) is 0 Å². The highest BCUT2D eigenvalue weighted by molar-refractivity contribution is 9.10. The Morgan fingerprint density at radius 3 is 2.44 bits per heavy atom. The van der Waals surface area contributed by atoms with Gasteiger partial charge >= 0.3 is 0 Å². The minimum atomic E-state index is -0.243. The summed E-state index contributed by atoms with van der Waals surface area (Å²) in [5.41, 5.74) is 3.66. The van der Waals surface area contributed by atoms with Crippen LogP contribution >= 0.6 is 28.1 Å². The number of hydrogen-bond acceptors (Lipinski definition) is 5. The normalized spacial score (nSPS) is 18.2. The zero-order valence-corrected chi connectivity index (χ0v) is 21.4. The number of benzene rings is 2. The van der Waals surface area contributed by atoms with Crippen LogP contribution in [0, 0.1) is 13.8 Å². The fourth-order valence-corrected chi connectivity index (χ4v) is 4.66. The summed E-state index contributed by atoms with van der Waals surface area (Å²) in [6.45, 7) is 9.33. The third kappa shape index (κ3) is 5.79. The lowest BCUT2D eigenvalue weighted by Crippen LogP contribution is -2.47. The molecular formula is C24H29BrN2O4S. The van der Waals surface area contributed by atoms with E-state index >= 15 is 0 Å². The SMILES string of the molecule is COc1cc(C(=S)N2C[C@H](C)O[C@@H](C)C2)cc(Br)c1OCC(=O)Nc1c(C)cccc1C. The van der Waals surface area contributed by atoms with Crippen molar-refractivity contribution in [3.8, 4) is 11.5 Å². The number of methoxy groups -OCH3 is 1. The van der Waals surface area contributed by atoms with E-state index in [2.05, 4.69) is 26.1 Å². The lowest BCUT2D eigenvalue weighted by molar-refractivity contribution is -0.118. The summed E-state index contributed by atoms with van der Waals surface area (Å²) in [7, 11) is 1.57. The molecule has 0 unspecified atom stereocenters. The molecule has 1 aliphatic heterocycles. The van der Waals surface area contributed by atoms with E-state index in [-0.39, 0.29) is 24.7 Å². The second kappa shape index (κ2) is 10.6. The van der Waals surface area contributed by atoms with Crippen molar-refractivity contribution in [1.82, 2.24) is 4.90 Å². The smallest absolute Gasteiger partial charge is 0.262 e. The van der Waals surface area contributed by atoms with Crippen LogP contribution in [0.25, 0.3) is 0 Å². The fourth-order valence-electron chi connectivity index (χ4n) is 3.83. The van der Waals surface area contributed by atoms with E-state index in [1.807, 2.05) is 58.0 Å². The standard InChI is InChI=1S/C24H29BrN2O4S/c1-14-7-6-8-15(2)22(14)26-21(28)13-30-23-19(25)9-18(10-20(23)29-5)24(32)27-11-16(3)31-17(4)12-27/h6-10,16-17H,11-13H2,1-5H3,(H,26,28)/t16-,17-/m0/s1. The van der Waals surface area contributed by atoms with E-state index in [1.165, 1.54) is 0 Å². The second-order valence-electron chi connectivity index (χ2n) is 8.06. The Labute approximate surface area is 203 Å². The van der Waals surface area contributed by atoms with Gasteiger partial charge in [0.25, 0.3) is 5.91 Å². The third-order valence-electron chi connectivity index (χ3n) is 5.28. The van der Waals surface area contributed by atoms with Crippen molar-refractivity contribution in [2.24, 2.45) is 0 Å². The summed E-state index contributed by atoms with van der Waals surface area (Å²) in [6.07, 6.45) is 0.222. The van der Waals surface area contributed by atoms with E-state index in [0.717, 1.165) is 40.5 Å². The Bertz CT molecular complexity index is 983. The number of nitrogens with zero attached hydrogens (tertiary/aromatic N) is 1. The monoisotopic (exact) mass is 520 g/mol. The third-order valence-corrected chi connectivity index (χ3v) is 6.36. The van der Waals surface area contributed by atoms with E-state index in [4.69, 9.17) is 26.4 Å². The molecule has 6 nitrogen and oxygen atoms in total. The number of aryl methyl sites for hydroxylation is 2. The minimum Gasteiger partial charge on any atom is -0.493 e. The van der Waals surface area contributed by atoms with Crippen LogP contribution in [0.5, 0.6) is 11.5 Å². The molecule has 0 saturated carbocycles. The van der Waals surface area contributed by atoms with Crippen LogP contribution in [0.15, 0.2) is 34.8 Å². The number of thiocarbonyl (C=S) groups is 1. The minimum absolute atomic E-state index is 0.111. The quantitative estimate of drug-likeness (QED) is 0.548. The van der Waals surface area contributed by atoms with Crippen molar-refractivity contribution in [3.63, 3.8) is 0 Å². The number of halogens is 1. The maximum Gasteiger partial charge on any atom is 0.262 e. The molecule has 8 heteroatoms. The molecule has 1 saturated heterocycles. The molecule has 0 aliphatic carbocycles. The molecular weight excluding hydrogens is 492 g/mol. The van der Waals surface area contributed by atoms with Gasteiger partial charge in [-0.15, -0.1) is 0 Å². The fraction of sp³-hybridized carbons (Fsp3) is 0.417. The summed E-state index contributed by atoms with van der Waals surface area (Å²) in [4.78, 5) is 15.4. The van der Waals surface area contributed by atoms with Crippen LogP contribution in [-0.2, 0) is 9.53 Å². The van der Waals surface area contributed by atoms with Crippen LogP contribution in [0.4, 0.5) is 5.69 Å². The van der Waals surface area contributed by atoms with Crippen LogP contribution in [0.3, 0.4) is 0 Å². The highest BCUT2D eigenvalue weighted by Crippen LogP contribution is 2.37. The summed E-state index contributed by atoms with van der Waals surface area (Å²) in [6, 6.07) is 9.62. The summed E-state index contributed by atoms with van der Waals surface area (Å²) >= 11 is 9.30. The summed E-state index contributed by atoms with van der Waals surface area (Å²) in [5.74, 6) is 0.720. The molecule has 1 fully saturated rings. The number of para-hydroxylation sites is 1. The molecule has 0 bridgehead atoms. The van der Waals surface area contributed by atoms with Gasteiger partial charge < -0.3 is 24.4 Å². The van der Waals surface area contributed by atoms with Gasteiger partial charge in [0.1, 0.15) is 4.99 Å². The zero-order valence-electron chi connectivity index (χ0n) is 19.0. The first-order valence-corrected chi connectivity index (χ1v) is 11.7. The Balaban J connectivity index is 1.72. The maximum absolute atomic E-state index is 12.5. The first-order valence-electron chi connectivity index (χ1n) is 10.5. The van der Waals surface area contributed by atoms with Crippen LogP contribution in [0.2, 0.25) is 0 Å². The lowest BCUT2D eigenvalue weighted by Gasteiger charge is -2.37. The zero-order chi connectivity index (χ0) is 23.4. The van der Waals surface area contributed by atoms with E-state index in [0.29, 0.717) is 16.0 Å². The second-order valence-corrected chi connectivity index (χ2v) is 9.30. The molecule has 1 aliphatic rings. The van der Waals surface area contributed by atoms with E-state index in [9.17, 15) is 4.79 Å². The average molecular weight is 521 g/mol. The predicted molar refractivity (Wildman–Crippen MR) is 134 cm³/mol. The van der Waals surface area contributed by atoms with Crippen LogP contribution in [0.1, 0.15) is 30.5 Å². The van der Waals surface area contributed by atoms with Gasteiger partial charge in [-0.1, -0.05) is 30.4 Å². The molecule has 0 spiro atoms. The number of rotatable bonds is 6.